The van der Waals surface area contributed by atoms with E-state index in [1.807, 2.05) is 24.3 Å². The van der Waals surface area contributed by atoms with E-state index in [-0.39, 0.29) is 5.41 Å². The van der Waals surface area contributed by atoms with Gasteiger partial charge in [-0.25, -0.2) is 0 Å². The number of nitriles is 1. The van der Waals surface area contributed by atoms with E-state index in [4.69, 9.17) is 14.7 Å². The maximum atomic E-state index is 8.67. The van der Waals surface area contributed by atoms with Gasteiger partial charge in [0.15, 0.2) is 0 Å². The first kappa shape index (κ1) is 13.4. The third-order valence-corrected chi connectivity index (χ3v) is 2.66. The van der Waals surface area contributed by atoms with Gasteiger partial charge in [-0.3, -0.25) is 0 Å². The zero-order valence-corrected chi connectivity index (χ0v) is 10.7. The average molecular weight is 233 g/mol. The van der Waals surface area contributed by atoms with Gasteiger partial charge in [-0.1, -0.05) is 13.8 Å². The van der Waals surface area contributed by atoms with E-state index >= 15 is 0 Å². The minimum absolute atomic E-state index is 0.0151. The van der Waals surface area contributed by atoms with E-state index in [0.29, 0.717) is 13.0 Å². The van der Waals surface area contributed by atoms with Crippen LogP contribution in [0.15, 0.2) is 24.3 Å². The molecule has 0 unspecified atom stereocenters. The van der Waals surface area contributed by atoms with Crippen LogP contribution in [0.5, 0.6) is 11.5 Å². The summed E-state index contributed by atoms with van der Waals surface area (Å²) in [6, 6.07) is 9.71. The Morgan fingerprint density at radius 1 is 1.18 bits per heavy atom. The van der Waals surface area contributed by atoms with Gasteiger partial charge in [0.2, 0.25) is 0 Å². The minimum Gasteiger partial charge on any atom is -0.497 e. The fourth-order valence-electron chi connectivity index (χ4n) is 1.42. The second-order valence-electron chi connectivity index (χ2n) is 4.77. The van der Waals surface area contributed by atoms with Gasteiger partial charge < -0.3 is 9.47 Å². The van der Waals surface area contributed by atoms with E-state index in [9.17, 15) is 0 Å². The van der Waals surface area contributed by atoms with Crippen molar-refractivity contribution >= 4 is 0 Å². The second-order valence-corrected chi connectivity index (χ2v) is 4.77. The first-order valence-electron chi connectivity index (χ1n) is 5.71. The molecule has 0 atom stereocenters. The van der Waals surface area contributed by atoms with Crippen molar-refractivity contribution < 1.29 is 9.47 Å². The number of nitrogens with zero attached hydrogens (tertiary/aromatic N) is 1. The van der Waals surface area contributed by atoms with Crippen LogP contribution in [0.25, 0.3) is 0 Å². The lowest BCUT2D eigenvalue weighted by Gasteiger charge is -2.20. The molecular weight excluding hydrogens is 214 g/mol. The monoisotopic (exact) mass is 233 g/mol. The molecule has 0 aliphatic carbocycles. The van der Waals surface area contributed by atoms with Crippen molar-refractivity contribution in [1.82, 2.24) is 0 Å². The second kappa shape index (κ2) is 6.15. The Morgan fingerprint density at radius 2 is 1.76 bits per heavy atom. The van der Waals surface area contributed by atoms with Crippen LogP contribution < -0.4 is 9.47 Å². The summed E-state index contributed by atoms with van der Waals surface area (Å²) < 4.78 is 10.7. The van der Waals surface area contributed by atoms with Gasteiger partial charge >= 0.3 is 0 Å². The Morgan fingerprint density at radius 3 is 2.29 bits per heavy atom. The molecule has 0 fully saturated rings. The summed E-state index contributed by atoms with van der Waals surface area (Å²) in [5, 5.41) is 8.67. The van der Waals surface area contributed by atoms with Crippen LogP contribution in [0.2, 0.25) is 0 Å². The Hall–Kier alpha value is -1.69. The maximum Gasteiger partial charge on any atom is 0.119 e. The molecule has 0 saturated carbocycles. The first-order chi connectivity index (χ1) is 8.07. The Kier molecular flexibility index (Phi) is 4.84. The molecule has 3 heteroatoms. The number of rotatable bonds is 6. The number of benzene rings is 1. The minimum atomic E-state index is 0.0151. The van der Waals surface area contributed by atoms with Gasteiger partial charge in [-0.2, -0.15) is 5.26 Å². The van der Waals surface area contributed by atoms with E-state index < -0.39 is 0 Å². The van der Waals surface area contributed by atoms with Crippen molar-refractivity contribution in [3.8, 4) is 17.6 Å². The molecule has 1 aromatic rings. The maximum absolute atomic E-state index is 8.67. The number of methoxy groups -OCH3 is 1. The highest BCUT2D eigenvalue weighted by Gasteiger charge is 2.17. The zero-order chi connectivity index (χ0) is 12.7. The molecule has 3 nitrogen and oxygen atoms in total. The average Bonchev–Trinajstić information content (AvgIpc) is 2.29. The standard InChI is InChI=1S/C14H19NO2/c1-14(2,8-10-15)9-11-17-13-6-4-12(16-3)5-7-13/h4-7H,8-9,11H2,1-3H3. The number of hydrogen-bond acceptors (Lipinski definition) is 3. The molecule has 0 aliphatic heterocycles. The highest BCUT2D eigenvalue weighted by atomic mass is 16.5. The molecule has 0 N–H and O–H groups in total. The van der Waals surface area contributed by atoms with Crippen LogP contribution in [0.1, 0.15) is 26.7 Å². The number of hydrogen-bond donors (Lipinski definition) is 0. The molecular formula is C14H19NO2. The predicted octanol–water partition coefficient (Wildman–Crippen LogP) is 3.40. The molecule has 0 amide bonds. The van der Waals surface area contributed by atoms with Crippen molar-refractivity contribution in [3.05, 3.63) is 24.3 Å². The van der Waals surface area contributed by atoms with Crippen LogP contribution in [-0.4, -0.2) is 13.7 Å². The van der Waals surface area contributed by atoms with Crippen molar-refractivity contribution in [3.63, 3.8) is 0 Å². The van der Waals surface area contributed by atoms with Gasteiger partial charge in [0.1, 0.15) is 11.5 Å². The number of ether oxygens (including phenoxy) is 2. The topological polar surface area (TPSA) is 42.2 Å². The molecule has 1 rings (SSSR count). The highest BCUT2D eigenvalue weighted by Crippen LogP contribution is 2.25. The van der Waals surface area contributed by atoms with Crippen LogP contribution in [-0.2, 0) is 0 Å². The molecule has 1 aromatic carbocycles. The lowest BCUT2D eigenvalue weighted by molar-refractivity contribution is 0.231. The Balaban J connectivity index is 2.38. The van der Waals surface area contributed by atoms with Crippen molar-refractivity contribution in [2.75, 3.05) is 13.7 Å². The molecule has 0 aliphatic rings. The van der Waals surface area contributed by atoms with Crippen LogP contribution in [0.3, 0.4) is 0 Å². The fraction of sp³-hybridized carbons (Fsp3) is 0.500. The Bertz CT molecular complexity index is 376. The summed E-state index contributed by atoms with van der Waals surface area (Å²) in [5.74, 6) is 1.65. The smallest absolute Gasteiger partial charge is 0.119 e. The van der Waals surface area contributed by atoms with Crippen LogP contribution in [0, 0.1) is 16.7 Å². The van der Waals surface area contributed by atoms with E-state index in [2.05, 4.69) is 19.9 Å². The lowest BCUT2D eigenvalue weighted by Crippen LogP contribution is -2.14. The third-order valence-electron chi connectivity index (χ3n) is 2.66. The summed E-state index contributed by atoms with van der Waals surface area (Å²) in [4.78, 5) is 0. The molecule has 0 aromatic heterocycles. The first-order valence-corrected chi connectivity index (χ1v) is 5.71. The zero-order valence-electron chi connectivity index (χ0n) is 10.7. The predicted molar refractivity (Wildman–Crippen MR) is 67.1 cm³/mol. The summed E-state index contributed by atoms with van der Waals surface area (Å²) in [7, 11) is 1.64. The van der Waals surface area contributed by atoms with Crippen molar-refractivity contribution in [1.29, 1.82) is 5.26 Å². The van der Waals surface area contributed by atoms with Crippen molar-refractivity contribution in [2.45, 2.75) is 26.7 Å². The van der Waals surface area contributed by atoms with Crippen LogP contribution >= 0.6 is 0 Å². The summed E-state index contributed by atoms with van der Waals surface area (Å²) in [6.07, 6.45) is 1.42. The van der Waals surface area contributed by atoms with E-state index in [1.54, 1.807) is 7.11 Å². The summed E-state index contributed by atoms with van der Waals surface area (Å²) in [6.45, 7) is 4.78. The molecule has 0 radical (unpaired) electrons. The molecule has 0 heterocycles. The highest BCUT2D eigenvalue weighted by molar-refractivity contribution is 5.31. The Labute approximate surface area is 103 Å². The SMILES string of the molecule is COc1ccc(OCCC(C)(C)CC#N)cc1. The molecule has 92 valence electrons. The lowest BCUT2D eigenvalue weighted by atomic mass is 9.87. The summed E-state index contributed by atoms with van der Waals surface area (Å²) >= 11 is 0. The molecule has 0 bridgehead atoms. The van der Waals surface area contributed by atoms with Gasteiger partial charge in [0.25, 0.3) is 0 Å². The van der Waals surface area contributed by atoms with E-state index in [1.165, 1.54) is 0 Å². The third kappa shape index (κ3) is 4.78. The van der Waals surface area contributed by atoms with Gasteiger partial charge in [0.05, 0.1) is 19.8 Å². The normalized spacial score (nSPS) is 10.7. The molecule has 0 spiro atoms. The van der Waals surface area contributed by atoms with E-state index in [0.717, 1.165) is 17.9 Å². The summed E-state index contributed by atoms with van der Waals surface area (Å²) in [5.41, 5.74) is 0.0151. The molecule has 17 heavy (non-hydrogen) atoms. The van der Waals surface area contributed by atoms with Crippen LogP contribution in [0.4, 0.5) is 0 Å². The molecule has 0 saturated heterocycles. The largest absolute Gasteiger partial charge is 0.497 e. The fourth-order valence-corrected chi connectivity index (χ4v) is 1.42. The van der Waals surface area contributed by atoms with Crippen molar-refractivity contribution in [2.24, 2.45) is 5.41 Å². The van der Waals surface area contributed by atoms with Gasteiger partial charge in [-0.05, 0) is 36.1 Å². The van der Waals surface area contributed by atoms with Gasteiger partial charge in [0, 0.05) is 6.42 Å². The van der Waals surface area contributed by atoms with Gasteiger partial charge in [-0.15, -0.1) is 0 Å². The quantitative estimate of drug-likeness (QED) is 0.756.